The van der Waals surface area contributed by atoms with Gasteiger partial charge < -0.3 is 10.2 Å². The first-order chi connectivity index (χ1) is 8.65. The largest absolute Gasteiger partial charge is 0.313 e. The number of likely N-dealkylation sites (tertiary alicyclic amines) is 1. The van der Waals surface area contributed by atoms with Crippen molar-refractivity contribution in [3.63, 3.8) is 0 Å². The number of piperidine rings is 1. The fourth-order valence-electron chi connectivity index (χ4n) is 2.77. The maximum atomic E-state index is 3.74. The number of likely N-dealkylation sites (N-methyl/N-ethyl adjacent to an activating group) is 1. The Labute approximate surface area is 115 Å². The summed E-state index contributed by atoms with van der Waals surface area (Å²) in [4.78, 5) is 4.03. The number of nitrogens with zero attached hydrogens (tertiary/aromatic N) is 1. The third-order valence-electron chi connectivity index (χ3n) is 3.73. The van der Waals surface area contributed by atoms with Gasteiger partial charge in [0.2, 0.25) is 0 Å². The maximum Gasteiger partial charge on any atom is 0.0201 e. The van der Waals surface area contributed by atoms with Gasteiger partial charge in [0.1, 0.15) is 0 Å². The standard InChI is InChI=1S/C15H26N2S/c1-12(2)6-7-16-14-9-13(10-17(3)11-14)15-5-4-8-18-15/h4-5,8,12-14,16H,6-7,9-11H2,1-3H3. The molecule has 0 amide bonds. The molecule has 18 heavy (non-hydrogen) atoms. The Bertz CT molecular complexity index is 334. The van der Waals surface area contributed by atoms with Crippen LogP contribution in [-0.2, 0) is 0 Å². The van der Waals surface area contributed by atoms with Crippen molar-refractivity contribution in [2.75, 3.05) is 26.7 Å². The highest BCUT2D eigenvalue weighted by Gasteiger charge is 2.26. The van der Waals surface area contributed by atoms with Gasteiger partial charge in [0.25, 0.3) is 0 Å². The molecule has 0 aliphatic carbocycles. The molecule has 1 aromatic heterocycles. The van der Waals surface area contributed by atoms with Crippen molar-refractivity contribution in [1.29, 1.82) is 0 Å². The third kappa shape index (κ3) is 4.08. The molecule has 0 saturated carbocycles. The number of thiophene rings is 1. The molecule has 2 rings (SSSR count). The lowest BCUT2D eigenvalue weighted by Gasteiger charge is -2.36. The molecule has 3 heteroatoms. The molecular formula is C15H26N2S. The Balaban J connectivity index is 1.85. The van der Waals surface area contributed by atoms with Crippen molar-refractivity contribution < 1.29 is 0 Å². The smallest absolute Gasteiger partial charge is 0.0201 e. The van der Waals surface area contributed by atoms with E-state index in [1.807, 2.05) is 11.3 Å². The van der Waals surface area contributed by atoms with Gasteiger partial charge in [-0.05, 0) is 43.8 Å². The summed E-state index contributed by atoms with van der Waals surface area (Å²) in [6.07, 6.45) is 2.58. The summed E-state index contributed by atoms with van der Waals surface area (Å²) >= 11 is 1.91. The number of nitrogens with one attached hydrogen (secondary N) is 1. The number of hydrogen-bond acceptors (Lipinski definition) is 3. The monoisotopic (exact) mass is 266 g/mol. The highest BCUT2D eigenvalue weighted by molar-refractivity contribution is 7.10. The van der Waals surface area contributed by atoms with Crippen LogP contribution in [0.15, 0.2) is 17.5 Å². The summed E-state index contributed by atoms with van der Waals surface area (Å²) in [7, 11) is 2.25. The van der Waals surface area contributed by atoms with E-state index >= 15 is 0 Å². The van der Waals surface area contributed by atoms with Crippen LogP contribution in [0.25, 0.3) is 0 Å². The Morgan fingerprint density at radius 1 is 1.44 bits per heavy atom. The molecule has 0 bridgehead atoms. The van der Waals surface area contributed by atoms with E-state index in [-0.39, 0.29) is 0 Å². The molecule has 0 aromatic carbocycles. The van der Waals surface area contributed by atoms with E-state index in [4.69, 9.17) is 0 Å². The van der Waals surface area contributed by atoms with Crippen LogP contribution in [0.3, 0.4) is 0 Å². The third-order valence-corrected chi connectivity index (χ3v) is 4.77. The molecule has 1 saturated heterocycles. The molecule has 1 aromatic rings. The highest BCUT2D eigenvalue weighted by atomic mass is 32.1. The zero-order chi connectivity index (χ0) is 13.0. The Kier molecular flexibility index (Phi) is 5.22. The van der Waals surface area contributed by atoms with Crippen LogP contribution in [0.2, 0.25) is 0 Å². The topological polar surface area (TPSA) is 15.3 Å². The molecule has 0 spiro atoms. The SMILES string of the molecule is CC(C)CCNC1CC(c2cccs2)CN(C)C1. The summed E-state index contributed by atoms with van der Waals surface area (Å²) in [5.74, 6) is 1.52. The van der Waals surface area contributed by atoms with Crippen molar-refractivity contribution >= 4 is 11.3 Å². The lowest BCUT2D eigenvalue weighted by Crippen LogP contribution is -2.47. The fourth-order valence-corrected chi connectivity index (χ4v) is 3.61. The van der Waals surface area contributed by atoms with Crippen LogP contribution in [0.4, 0.5) is 0 Å². The first kappa shape index (κ1) is 14.0. The first-order valence-corrected chi connectivity index (χ1v) is 7.98. The van der Waals surface area contributed by atoms with Crippen LogP contribution in [0.1, 0.15) is 37.5 Å². The molecule has 1 fully saturated rings. The summed E-state index contributed by atoms with van der Waals surface area (Å²) in [6, 6.07) is 5.13. The molecule has 0 radical (unpaired) electrons. The molecule has 1 aliphatic heterocycles. The second-order valence-corrected chi connectivity index (χ2v) is 6.98. The molecule has 2 heterocycles. The van der Waals surface area contributed by atoms with E-state index in [0.29, 0.717) is 6.04 Å². The summed E-state index contributed by atoms with van der Waals surface area (Å²) in [6.45, 7) is 8.16. The van der Waals surface area contributed by atoms with Crippen LogP contribution >= 0.6 is 11.3 Å². The van der Waals surface area contributed by atoms with Gasteiger partial charge in [0, 0.05) is 29.9 Å². The van der Waals surface area contributed by atoms with Gasteiger partial charge in [-0.15, -0.1) is 11.3 Å². The lowest BCUT2D eigenvalue weighted by molar-refractivity contribution is 0.205. The second-order valence-electron chi connectivity index (χ2n) is 6.00. The van der Waals surface area contributed by atoms with Crippen molar-refractivity contribution in [3.05, 3.63) is 22.4 Å². The van der Waals surface area contributed by atoms with Crippen molar-refractivity contribution in [1.82, 2.24) is 10.2 Å². The minimum Gasteiger partial charge on any atom is -0.313 e. The summed E-state index contributed by atoms with van der Waals surface area (Å²) < 4.78 is 0. The molecule has 102 valence electrons. The fraction of sp³-hybridized carbons (Fsp3) is 0.733. The predicted octanol–water partition coefficient (Wildman–Crippen LogP) is 3.17. The van der Waals surface area contributed by atoms with E-state index in [9.17, 15) is 0 Å². The predicted molar refractivity (Wildman–Crippen MR) is 80.4 cm³/mol. The minimum absolute atomic E-state index is 0.662. The van der Waals surface area contributed by atoms with E-state index in [1.54, 1.807) is 4.88 Å². The molecule has 2 nitrogen and oxygen atoms in total. The molecule has 2 unspecified atom stereocenters. The maximum absolute atomic E-state index is 3.74. The molecular weight excluding hydrogens is 240 g/mol. The van der Waals surface area contributed by atoms with Crippen LogP contribution in [0.5, 0.6) is 0 Å². The number of hydrogen-bond donors (Lipinski definition) is 1. The van der Waals surface area contributed by atoms with Gasteiger partial charge in [0.15, 0.2) is 0 Å². The van der Waals surface area contributed by atoms with Crippen LogP contribution in [-0.4, -0.2) is 37.6 Å². The quantitative estimate of drug-likeness (QED) is 0.880. The van der Waals surface area contributed by atoms with Gasteiger partial charge in [0.05, 0.1) is 0 Å². The van der Waals surface area contributed by atoms with Crippen molar-refractivity contribution in [2.45, 2.75) is 38.6 Å². The summed E-state index contributed by atoms with van der Waals surface area (Å²) in [5, 5.41) is 5.94. The first-order valence-electron chi connectivity index (χ1n) is 7.10. The van der Waals surface area contributed by atoms with Crippen molar-refractivity contribution in [2.24, 2.45) is 5.92 Å². The van der Waals surface area contributed by atoms with Gasteiger partial charge in [-0.25, -0.2) is 0 Å². The Morgan fingerprint density at radius 3 is 2.94 bits per heavy atom. The molecule has 1 aliphatic rings. The van der Waals surface area contributed by atoms with Crippen molar-refractivity contribution in [3.8, 4) is 0 Å². The zero-order valence-electron chi connectivity index (χ0n) is 11.9. The molecule has 1 N–H and O–H groups in total. The Hall–Kier alpha value is -0.380. The van der Waals surface area contributed by atoms with Gasteiger partial charge in [-0.2, -0.15) is 0 Å². The summed E-state index contributed by atoms with van der Waals surface area (Å²) in [5.41, 5.74) is 0. The zero-order valence-corrected chi connectivity index (χ0v) is 12.7. The minimum atomic E-state index is 0.662. The lowest BCUT2D eigenvalue weighted by atomic mass is 9.93. The van der Waals surface area contributed by atoms with Crippen LogP contribution in [0, 0.1) is 5.92 Å². The van der Waals surface area contributed by atoms with E-state index in [1.165, 1.54) is 25.9 Å². The average Bonchev–Trinajstić information content (AvgIpc) is 2.81. The Morgan fingerprint density at radius 2 is 2.28 bits per heavy atom. The van der Waals surface area contributed by atoms with E-state index < -0.39 is 0 Å². The van der Waals surface area contributed by atoms with Gasteiger partial charge in [-0.3, -0.25) is 0 Å². The number of rotatable bonds is 5. The van der Waals surface area contributed by atoms with E-state index in [2.05, 4.69) is 48.6 Å². The normalized spacial score (nSPS) is 25.8. The second kappa shape index (κ2) is 6.69. The van der Waals surface area contributed by atoms with E-state index in [0.717, 1.165) is 18.4 Å². The highest BCUT2D eigenvalue weighted by Crippen LogP contribution is 2.29. The van der Waals surface area contributed by atoms with Crippen LogP contribution < -0.4 is 5.32 Å². The average molecular weight is 266 g/mol. The van der Waals surface area contributed by atoms with Gasteiger partial charge >= 0.3 is 0 Å². The van der Waals surface area contributed by atoms with Gasteiger partial charge in [-0.1, -0.05) is 19.9 Å². The molecule has 2 atom stereocenters.